The number of nitriles is 1. The Labute approximate surface area is 119 Å². The zero-order valence-corrected chi connectivity index (χ0v) is 11.6. The van der Waals surface area contributed by atoms with Gasteiger partial charge in [-0.2, -0.15) is 18.4 Å². The SMILES string of the molecule is COC(=O)CCCN(C)c1nc(C(F)(F)F)ccc1C#N. The lowest BCUT2D eigenvalue weighted by molar-refractivity contribution is -0.141. The van der Waals surface area contributed by atoms with Crippen molar-refractivity contribution < 1.29 is 22.7 Å². The number of pyridine rings is 1. The summed E-state index contributed by atoms with van der Waals surface area (Å²) in [5.74, 6) is -0.460. The van der Waals surface area contributed by atoms with Gasteiger partial charge in [-0.05, 0) is 18.6 Å². The maximum Gasteiger partial charge on any atom is 0.433 e. The molecule has 1 rings (SSSR count). The average Bonchev–Trinajstić information content (AvgIpc) is 2.45. The van der Waals surface area contributed by atoms with E-state index in [0.717, 1.165) is 12.1 Å². The summed E-state index contributed by atoms with van der Waals surface area (Å²) in [6.07, 6.45) is -4.05. The Kier molecular flexibility index (Phi) is 5.52. The lowest BCUT2D eigenvalue weighted by atomic mass is 10.2. The quantitative estimate of drug-likeness (QED) is 0.781. The van der Waals surface area contributed by atoms with E-state index in [1.807, 2.05) is 0 Å². The lowest BCUT2D eigenvalue weighted by Gasteiger charge is -2.20. The van der Waals surface area contributed by atoms with Crippen molar-refractivity contribution in [2.24, 2.45) is 0 Å². The number of anilines is 1. The minimum atomic E-state index is -4.57. The third-order valence-corrected chi connectivity index (χ3v) is 2.75. The van der Waals surface area contributed by atoms with Gasteiger partial charge in [0.2, 0.25) is 0 Å². The standard InChI is InChI=1S/C13H14F3N3O2/c1-19(7-3-4-11(20)21-2)12-9(8-17)5-6-10(18-12)13(14,15)16/h5-6H,3-4,7H2,1-2H3. The summed E-state index contributed by atoms with van der Waals surface area (Å²) in [6, 6.07) is 3.66. The number of halogens is 3. The van der Waals surface area contributed by atoms with Gasteiger partial charge in [-0.25, -0.2) is 4.98 Å². The van der Waals surface area contributed by atoms with Crippen molar-refractivity contribution in [1.82, 2.24) is 4.98 Å². The second kappa shape index (κ2) is 6.92. The fourth-order valence-electron chi connectivity index (χ4n) is 1.65. The summed E-state index contributed by atoms with van der Waals surface area (Å²) in [7, 11) is 2.77. The second-order valence-corrected chi connectivity index (χ2v) is 4.28. The molecule has 1 aromatic rings. The smallest absolute Gasteiger partial charge is 0.433 e. The van der Waals surface area contributed by atoms with E-state index in [2.05, 4.69) is 9.72 Å². The molecule has 0 fully saturated rings. The molecule has 0 aromatic carbocycles. The van der Waals surface area contributed by atoms with Gasteiger partial charge < -0.3 is 9.64 Å². The van der Waals surface area contributed by atoms with Gasteiger partial charge in [0.1, 0.15) is 17.6 Å². The third-order valence-electron chi connectivity index (χ3n) is 2.75. The summed E-state index contributed by atoms with van der Waals surface area (Å²) in [5, 5.41) is 8.94. The second-order valence-electron chi connectivity index (χ2n) is 4.28. The molecule has 8 heteroatoms. The number of aromatic nitrogens is 1. The molecule has 0 saturated carbocycles. The molecule has 1 aromatic heterocycles. The van der Waals surface area contributed by atoms with Crippen molar-refractivity contribution >= 4 is 11.8 Å². The third kappa shape index (κ3) is 4.63. The number of rotatable bonds is 5. The fourth-order valence-corrected chi connectivity index (χ4v) is 1.65. The van der Waals surface area contributed by atoms with Crippen molar-refractivity contribution in [3.63, 3.8) is 0 Å². The number of hydrogen-bond donors (Lipinski definition) is 0. The minimum Gasteiger partial charge on any atom is -0.469 e. The first-order chi connectivity index (χ1) is 9.79. The van der Waals surface area contributed by atoms with E-state index in [9.17, 15) is 18.0 Å². The van der Waals surface area contributed by atoms with Crippen LogP contribution in [0.2, 0.25) is 0 Å². The van der Waals surface area contributed by atoms with E-state index in [1.54, 1.807) is 6.07 Å². The molecule has 0 bridgehead atoms. The normalized spacial score (nSPS) is 10.9. The summed E-state index contributed by atoms with van der Waals surface area (Å²) < 4.78 is 42.4. The van der Waals surface area contributed by atoms with E-state index < -0.39 is 17.8 Å². The Morgan fingerprint density at radius 2 is 2.14 bits per heavy atom. The van der Waals surface area contributed by atoms with Crippen molar-refractivity contribution in [3.8, 4) is 6.07 Å². The van der Waals surface area contributed by atoms with Gasteiger partial charge in [0, 0.05) is 20.0 Å². The molecule has 0 N–H and O–H groups in total. The predicted octanol–water partition coefficient (Wildman–Crippen LogP) is 2.36. The van der Waals surface area contributed by atoms with E-state index in [4.69, 9.17) is 5.26 Å². The molecule has 5 nitrogen and oxygen atoms in total. The Morgan fingerprint density at radius 3 is 2.67 bits per heavy atom. The van der Waals surface area contributed by atoms with Crippen LogP contribution in [-0.2, 0) is 15.7 Å². The first-order valence-corrected chi connectivity index (χ1v) is 6.06. The Hall–Kier alpha value is -2.30. The van der Waals surface area contributed by atoms with Crippen LogP contribution in [0, 0.1) is 11.3 Å². The first kappa shape index (κ1) is 16.8. The Morgan fingerprint density at radius 1 is 1.48 bits per heavy atom. The van der Waals surface area contributed by atoms with Crippen LogP contribution >= 0.6 is 0 Å². The largest absolute Gasteiger partial charge is 0.469 e. The van der Waals surface area contributed by atoms with E-state index in [0.29, 0.717) is 6.42 Å². The molecule has 0 aliphatic rings. The number of alkyl halides is 3. The fraction of sp³-hybridized carbons (Fsp3) is 0.462. The highest BCUT2D eigenvalue weighted by Gasteiger charge is 2.33. The zero-order chi connectivity index (χ0) is 16.0. The van der Waals surface area contributed by atoms with Gasteiger partial charge in [-0.1, -0.05) is 0 Å². The molecule has 0 atom stereocenters. The van der Waals surface area contributed by atoms with Crippen LogP contribution in [-0.4, -0.2) is 31.7 Å². The maximum absolute atomic E-state index is 12.6. The molecule has 0 saturated heterocycles. The van der Waals surface area contributed by atoms with Crippen molar-refractivity contribution in [1.29, 1.82) is 5.26 Å². The minimum absolute atomic E-state index is 0.0450. The number of esters is 1. The predicted molar refractivity (Wildman–Crippen MR) is 68.5 cm³/mol. The van der Waals surface area contributed by atoms with Crippen LogP contribution in [0.25, 0.3) is 0 Å². The molecule has 1 heterocycles. The van der Waals surface area contributed by atoms with Gasteiger partial charge in [-0.3, -0.25) is 4.79 Å². The van der Waals surface area contributed by atoms with Crippen LogP contribution in [0.3, 0.4) is 0 Å². The Bertz CT molecular complexity index is 553. The Balaban J connectivity index is 2.89. The molecule has 0 unspecified atom stereocenters. The topological polar surface area (TPSA) is 66.2 Å². The number of carbonyl (C=O) groups is 1. The molecule has 21 heavy (non-hydrogen) atoms. The van der Waals surface area contributed by atoms with Gasteiger partial charge in [0.15, 0.2) is 0 Å². The molecule has 0 aliphatic carbocycles. The summed E-state index contributed by atoms with van der Waals surface area (Å²) in [4.78, 5) is 15.9. The number of hydrogen-bond acceptors (Lipinski definition) is 5. The molecular weight excluding hydrogens is 287 g/mol. The molecule has 0 aliphatic heterocycles. The summed E-state index contributed by atoms with van der Waals surface area (Å²) in [6.45, 7) is 0.276. The maximum atomic E-state index is 12.6. The summed E-state index contributed by atoms with van der Waals surface area (Å²) >= 11 is 0. The van der Waals surface area contributed by atoms with Gasteiger partial charge >= 0.3 is 12.1 Å². The van der Waals surface area contributed by atoms with Gasteiger partial charge in [0.25, 0.3) is 0 Å². The highest BCUT2D eigenvalue weighted by atomic mass is 19.4. The molecule has 0 spiro atoms. The number of nitrogens with zero attached hydrogens (tertiary/aromatic N) is 3. The highest BCUT2D eigenvalue weighted by molar-refractivity contribution is 5.69. The van der Waals surface area contributed by atoms with Crippen molar-refractivity contribution in [3.05, 3.63) is 23.4 Å². The van der Waals surface area contributed by atoms with Crippen LogP contribution in [0.1, 0.15) is 24.1 Å². The van der Waals surface area contributed by atoms with Gasteiger partial charge in [0.05, 0.1) is 12.7 Å². The number of ether oxygens (including phenoxy) is 1. The van der Waals surface area contributed by atoms with Gasteiger partial charge in [-0.15, -0.1) is 0 Å². The van der Waals surface area contributed by atoms with E-state index in [1.165, 1.54) is 19.1 Å². The van der Waals surface area contributed by atoms with Crippen LogP contribution in [0.4, 0.5) is 19.0 Å². The monoisotopic (exact) mass is 301 g/mol. The zero-order valence-electron chi connectivity index (χ0n) is 11.6. The van der Waals surface area contributed by atoms with Crippen molar-refractivity contribution in [2.45, 2.75) is 19.0 Å². The van der Waals surface area contributed by atoms with Crippen LogP contribution in [0.5, 0.6) is 0 Å². The van der Waals surface area contributed by atoms with E-state index in [-0.39, 0.29) is 24.3 Å². The molecule has 0 amide bonds. The van der Waals surface area contributed by atoms with E-state index >= 15 is 0 Å². The first-order valence-electron chi connectivity index (χ1n) is 6.06. The molecule has 114 valence electrons. The number of carbonyl (C=O) groups excluding carboxylic acids is 1. The number of methoxy groups -OCH3 is 1. The summed E-state index contributed by atoms with van der Waals surface area (Å²) in [5.41, 5.74) is -1.01. The molecule has 0 radical (unpaired) electrons. The highest BCUT2D eigenvalue weighted by Crippen LogP contribution is 2.30. The van der Waals surface area contributed by atoms with Crippen LogP contribution in [0.15, 0.2) is 12.1 Å². The lowest BCUT2D eigenvalue weighted by Crippen LogP contribution is -2.23. The van der Waals surface area contributed by atoms with Crippen LogP contribution < -0.4 is 4.90 Å². The average molecular weight is 301 g/mol. The van der Waals surface area contributed by atoms with Crippen molar-refractivity contribution in [2.75, 3.05) is 25.6 Å². The molecular formula is C13H14F3N3O2.